The minimum Gasteiger partial charge on any atom is -0.330 e. The van der Waals surface area contributed by atoms with Crippen molar-refractivity contribution in [1.29, 1.82) is 0 Å². The lowest BCUT2D eigenvalue weighted by atomic mass is 10.0. The molecule has 0 spiro atoms. The maximum atomic E-state index is 12.9. The molecule has 1 aliphatic rings. The molecule has 9 heteroatoms. The largest absolute Gasteiger partial charge is 0.330 e. The molecule has 2 aromatic rings. The zero-order chi connectivity index (χ0) is 16.6. The van der Waals surface area contributed by atoms with Gasteiger partial charge in [-0.15, -0.1) is 36.2 Å². The van der Waals surface area contributed by atoms with Crippen LogP contribution in [0.2, 0.25) is 0 Å². The standard InChI is InChI=1S/C16H23N5OS.2ClH/c1-10-15(11(2)20(3)19-10)13-5-4-8-21(13)16(22)12-9-23-14(18-12)6-7-17;;/h9,13H,4-8,17H2,1-3H3;2*1H. The first-order valence-electron chi connectivity index (χ1n) is 7.98. The van der Waals surface area contributed by atoms with Crippen LogP contribution in [0, 0.1) is 13.8 Å². The van der Waals surface area contributed by atoms with E-state index >= 15 is 0 Å². The molecular weight excluding hydrogens is 381 g/mol. The molecule has 0 aromatic carbocycles. The molecular formula is C16H25Cl2N5OS. The molecule has 1 fully saturated rings. The summed E-state index contributed by atoms with van der Waals surface area (Å²) in [4.78, 5) is 19.3. The van der Waals surface area contributed by atoms with Gasteiger partial charge in [-0.2, -0.15) is 5.10 Å². The Bertz CT molecular complexity index is 730. The molecule has 25 heavy (non-hydrogen) atoms. The van der Waals surface area contributed by atoms with Crippen molar-refractivity contribution < 1.29 is 4.79 Å². The van der Waals surface area contributed by atoms with Gasteiger partial charge in [-0.05, 0) is 33.2 Å². The van der Waals surface area contributed by atoms with Crippen LogP contribution in [-0.2, 0) is 13.5 Å². The average Bonchev–Trinajstić information content (AvgIpc) is 3.20. The molecule has 1 aliphatic heterocycles. The fraction of sp³-hybridized carbons (Fsp3) is 0.562. The van der Waals surface area contributed by atoms with Crippen molar-refractivity contribution in [3.05, 3.63) is 33.0 Å². The second kappa shape index (κ2) is 8.98. The van der Waals surface area contributed by atoms with E-state index in [9.17, 15) is 4.79 Å². The Balaban J connectivity index is 0.00000156. The fourth-order valence-electron chi connectivity index (χ4n) is 3.38. The SMILES string of the molecule is Cc1nn(C)c(C)c1C1CCCN1C(=O)c1csc(CCN)n1.Cl.Cl. The highest BCUT2D eigenvalue weighted by atomic mass is 35.5. The highest BCUT2D eigenvalue weighted by Crippen LogP contribution is 2.36. The zero-order valence-electron chi connectivity index (χ0n) is 14.7. The van der Waals surface area contributed by atoms with Crippen LogP contribution in [0.1, 0.15) is 51.3 Å². The summed E-state index contributed by atoms with van der Waals surface area (Å²) in [5.41, 5.74) is 9.44. The minimum atomic E-state index is 0. The molecule has 0 saturated carbocycles. The van der Waals surface area contributed by atoms with Crippen LogP contribution >= 0.6 is 36.2 Å². The first-order valence-corrected chi connectivity index (χ1v) is 8.86. The molecule has 2 N–H and O–H groups in total. The number of nitrogens with two attached hydrogens (primary N) is 1. The van der Waals surface area contributed by atoms with Crippen LogP contribution in [0.3, 0.4) is 0 Å². The quantitative estimate of drug-likeness (QED) is 0.847. The summed E-state index contributed by atoms with van der Waals surface area (Å²) in [6, 6.07) is 0.107. The first kappa shape index (κ1) is 21.9. The van der Waals surface area contributed by atoms with Gasteiger partial charge in [0.2, 0.25) is 0 Å². The Kier molecular flexibility index (Phi) is 7.87. The van der Waals surface area contributed by atoms with Gasteiger partial charge in [0.05, 0.1) is 16.7 Å². The number of rotatable bonds is 4. The minimum absolute atomic E-state index is 0. The first-order chi connectivity index (χ1) is 11.0. The normalized spacial score (nSPS) is 16.5. The summed E-state index contributed by atoms with van der Waals surface area (Å²) < 4.78 is 1.90. The number of amides is 1. The van der Waals surface area contributed by atoms with Crippen molar-refractivity contribution in [2.45, 2.75) is 39.2 Å². The van der Waals surface area contributed by atoms with E-state index in [1.165, 1.54) is 16.9 Å². The van der Waals surface area contributed by atoms with Gasteiger partial charge in [-0.1, -0.05) is 0 Å². The van der Waals surface area contributed by atoms with E-state index < -0.39 is 0 Å². The molecule has 3 rings (SSSR count). The molecule has 1 atom stereocenters. The summed E-state index contributed by atoms with van der Waals surface area (Å²) in [6.45, 7) is 5.42. The van der Waals surface area contributed by atoms with Gasteiger partial charge >= 0.3 is 0 Å². The highest BCUT2D eigenvalue weighted by molar-refractivity contribution is 7.09. The number of nitrogens with zero attached hydrogens (tertiary/aromatic N) is 4. The molecule has 3 heterocycles. The third-order valence-electron chi connectivity index (χ3n) is 4.54. The van der Waals surface area contributed by atoms with Crippen LogP contribution in [0.5, 0.6) is 0 Å². The van der Waals surface area contributed by atoms with Crippen molar-refractivity contribution in [1.82, 2.24) is 19.7 Å². The van der Waals surface area contributed by atoms with Gasteiger partial charge in [-0.3, -0.25) is 9.48 Å². The van der Waals surface area contributed by atoms with Crippen LogP contribution in [-0.4, -0.2) is 38.7 Å². The Morgan fingerprint density at radius 1 is 1.40 bits per heavy atom. The summed E-state index contributed by atoms with van der Waals surface area (Å²) in [6.07, 6.45) is 2.73. The predicted octanol–water partition coefficient (Wildman–Crippen LogP) is 2.82. The third-order valence-corrected chi connectivity index (χ3v) is 5.45. The van der Waals surface area contributed by atoms with Gasteiger partial charge < -0.3 is 10.6 Å². The Morgan fingerprint density at radius 3 is 2.72 bits per heavy atom. The van der Waals surface area contributed by atoms with Crippen molar-refractivity contribution >= 4 is 42.1 Å². The number of hydrogen-bond donors (Lipinski definition) is 1. The Labute approximate surface area is 164 Å². The number of aromatic nitrogens is 3. The van der Waals surface area contributed by atoms with Gasteiger partial charge in [-0.25, -0.2) is 4.98 Å². The number of halogens is 2. The van der Waals surface area contributed by atoms with E-state index in [-0.39, 0.29) is 36.8 Å². The lowest BCUT2D eigenvalue weighted by molar-refractivity contribution is 0.0729. The molecule has 140 valence electrons. The smallest absolute Gasteiger partial charge is 0.273 e. The van der Waals surface area contributed by atoms with Gasteiger partial charge in [0, 0.05) is 36.7 Å². The fourth-order valence-corrected chi connectivity index (χ4v) is 4.16. The summed E-state index contributed by atoms with van der Waals surface area (Å²) in [7, 11) is 1.95. The average molecular weight is 406 g/mol. The van der Waals surface area contributed by atoms with E-state index in [0.29, 0.717) is 12.2 Å². The third kappa shape index (κ3) is 4.16. The molecule has 1 unspecified atom stereocenters. The predicted molar refractivity (Wildman–Crippen MR) is 105 cm³/mol. The van der Waals surface area contributed by atoms with Crippen molar-refractivity contribution in [3.8, 4) is 0 Å². The van der Waals surface area contributed by atoms with Crippen LogP contribution in [0.4, 0.5) is 0 Å². The molecule has 1 saturated heterocycles. The monoisotopic (exact) mass is 405 g/mol. The van der Waals surface area contributed by atoms with E-state index in [1.54, 1.807) is 0 Å². The van der Waals surface area contributed by atoms with Gasteiger partial charge in [0.15, 0.2) is 0 Å². The number of carbonyl (C=O) groups is 1. The maximum Gasteiger partial charge on any atom is 0.273 e. The number of carbonyl (C=O) groups excluding carboxylic acids is 1. The molecule has 6 nitrogen and oxygen atoms in total. The Hall–Kier alpha value is -1.15. The van der Waals surface area contributed by atoms with E-state index in [1.807, 2.05) is 28.9 Å². The second-order valence-electron chi connectivity index (χ2n) is 6.03. The van der Waals surface area contributed by atoms with Crippen molar-refractivity contribution in [3.63, 3.8) is 0 Å². The Morgan fingerprint density at radius 2 is 2.12 bits per heavy atom. The van der Waals surface area contributed by atoms with E-state index in [2.05, 4.69) is 17.0 Å². The van der Waals surface area contributed by atoms with Crippen molar-refractivity contribution in [2.24, 2.45) is 12.8 Å². The number of thiazole rings is 1. The molecule has 0 radical (unpaired) electrons. The maximum absolute atomic E-state index is 12.9. The van der Waals surface area contributed by atoms with E-state index in [0.717, 1.165) is 42.2 Å². The topological polar surface area (TPSA) is 77.0 Å². The molecule has 0 bridgehead atoms. The van der Waals surface area contributed by atoms with Crippen molar-refractivity contribution in [2.75, 3.05) is 13.1 Å². The molecule has 2 aromatic heterocycles. The number of likely N-dealkylation sites (tertiary alicyclic amines) is 1. The number of aryl methyl sites for hydroxylation is 2. The van der Waals surface area contributed by atoms with Crippen LogP contribution in [0.25, 0.3) is 0 Å². The van der Waals surface area contributed by atoms with Gasteiger partial charge in [0.25, 0.3) is 5.91 Å². The summed E-state index contributed by atoms with van der Waals surface area (Å²) in [5.74, 6) is 0.0228. The lowest BCUT2D eigenvalue weighted by Gasteiger charge is -2.24. The van der Waals surface area contributed by atoms with Gasteiger partial charge in [0.1, 0.15) is 5.69 Å². The lowest BCUT2D eigenvalue weighted by Crippen LogP contribution is -2.31. The zero-order valence-corrected chi connectivity index (χ0v) is 17.1. The molecule has 1 amide bonds. The van der Waals surface area contributed by atoms with Crippen LogP contribution < -0.4 is 5.73 Å². The summed E-state index contributed by atoms with van der Waals surface area (Å²) in [5, 5.41) is 7.29. The van der Waals surface area contributed by atoms with E-state index in [4.69, 9.17) is 5.73 Å². The number of hydrogen-bond acceptors (Lipinski definition) is 5. The second-order valence-corrected chi connectivity index (χ2v) is 6.97. The molecule has 0 aliphatic carbocycles. The summed E-state index contributed by atoms with van der Waals surface area (Å²) >= 11 is 1.51. The van der Waals surface area contributed by atoms with Crippen LogP contribution in [0.15, 0.2) is 5.38 Å². The highest BCUT2D eigenvalue weighted by Gasteiger charge is 2.34.